The largest absolute Gasteiger partial charge is 0.388 e. The number of piperidine rings is 1. The van der Waals surface area contributed by atoms with E-state index in [1.54, 1.807) is 6.92 Å². The van der Waals surface area contributed by atoms with Crippen LogP contribution in [0.1, 0.15) is 45.1 Å². The molecule has 2 aliphatic heterocycles. The summed E-state index contributed by atoms with van der Waals surface area (Å²) in [4.78, 5) is 25.1. The summed E-state index contributed by atoms with van der Waals surface area (Å²) in [5.74, 6) is 0.661. The molecular weight excluding hydrogens is 370 g/mol. The Morgan fingerprint density at radius 3 is 2.55 bits per heavy atom. The van der Waals surface area contributed by atoms with E-state index in [2.05, 4.69) is 27.1 Å². The summed E-state index contributed by atoms with van der Waals surface area (Å²) < 4.78 is 6.24. The van der Waals surface area contributed by atoms with Gasteiger partial charge < -0.3 is 25.0 Å². The van der Waals surface area contributed by atoms with Gasteiger partial charge in [-0.1, -0.05) is 13.3 Å². The van der Waals surface area contributed by atoms with Gasteiger partial charge in [0.1, 0.15) is 0 Å². The van der Waals surface area contributed by atoms with Gasteiger partial charge in [-0.2, -0.15) is 0 Å². The second-order valence-electron chi connectivity index (χ2n) is 9.01. The molecule has 1 aromatic heterocycles. The molecule has 2 saturated heterocycles. The van der Waals surface area contributed by atoms with Gasteiger partial charge in [-0.3, -0.25) is 4.79 Å². The summed E-state index contributed by atoms with van der Waals surface area (Å²) in [6.07, 6.45) is 8.04. The Labute approximate surface area is 173 Å². The lowest BCUT2D eigenvalue weighted by Gasteiger charge is -2.51. The molecule has 0 aliphatic carbocycles. The van der Waals surface area contributed by atoms with Crippen molar-refractivity contribution in [3.8, 4) is 0 Å². The minimum absolute atomic E-state index is 0.0988. The third-order valence-corrected chi connectivity index (χ3v) is 5.97. The zero-order valence-electron chi connectivity index (χ0n) is 18.1. The first kappa shape index (κ1) is 21.9. The highest BCUT2D eigenvalue weighted by Crippen LogP contribution is 2.40. The second kappa shape index (κ2) is 8.93. The van der Waals surface area contributed by atoms with Crippen LogP contribution in [0.15, 0.2) is 12.4 Å². The monoisotopic (exact) mass is 405 g/mol. The predicted molar refractivity (Wildman–Crippen MR) is 112 cm³/mol. The van der Waals surface area contributed by atoms with Crippen molar-refractivity contribution in [1.29, 1.82) is 0 Å². The number of ether oxygens (including phenoxy) is 1. The summed E-state index contributed by atoms with van der Waals surface area (Å²) in [5.41, 5.74) is -0.190. The molecule has 8 heteroatoms. The van der Waals surface area contributed by atoms with Crippen LogP contribution >= 0.6 is 0 Å². The fourth-order valence-corrected chi connectivity index (χ4v) is 4.35. The summed E-state index contributed by atoms with van der Waals surface area (Å²) in [6, 6.07) is -0.395. The second-order valence-corrected chi connectivity index (χ2v) is 9.01. The van der Waals surface area contributed by atoms with Crippen LogP contribution in [0, 0.1) is 0 Å². The molecule has 8 nitrogen and oxygen atoms in total. The van der Waals surface area contributed by atoms with E-state index in [4.69, 9.17) is 4.74 Å². The number of nitrogens with zero attached hydrogens (tertiary/aromatic N) is 4. The molecule has 0 unspecified atom stereocenters. The maximum atomic E-state index is 12.1. The number of aliphatic hydroxyl groups is 1. The number of hydrogen-bond donors (Lipinski definition) is 2. The molecule has 1 aromatic rings. The zero-order valence-corrected chi connectivity index (χ0v) is 18.1. The predicted octanol–water partition coefficient (Wildman–Crippen LogP) is 0.986. The zero-order chi connectivity index (χ0) is 21.1. The minimum atomic E-state index is -0.999. The van der Waals surface area contributed by atoms with Gasteiger partial charge in [0.2, 0.25) is 11.9 Å². The van der Waals surface area contributed by atoms with Crippen molar-refractivity contribution < 1.29 is 14.6 Å². The van der Waals surface area contributed by atoms with E-state index in [1.807, 2.05) is 31.4 Å². The molecule has 0 saturated carbocycles. The van der Waals surface area contributed by atoms with Crippen LogP contribution in [0.4, 0.5) is 5.95 Å². The molecule has 1 amide bonds. The van der Waals surface area contributed by atoms with Gasteiger partial charge in [0.25, 0.3) is 0 Å². The average molecular weight is 406 g/mol. The SMILES string of the molecule is CCCc1cnc(N2CCC3(CC2)C[C@](C)(O)[C@@H](NC(=O)CN(C)C)CO3)nc1. The lowest BCUT2D eigenvalue weighted by molar-refractivity contribution is -0.181. The molecule has 3 rings (SSSR count). The molecule has 162 valence electrons. The number of likely N-dealkylation sites (N-methyl/N-ethyl adjacent to an activating group) is 1. The summed E-state index contributed by atoms with van der Waals surface area (Å²) in [5, 5.41) is 14.0. The first-order valence-corrected chi connectivity index (χ1v) is 10.6. The van der Waals surface area contributed by atoms with E-state index >= 15 is 0 Å². The Bertz CT molecular complexity index is 684. The highest BCUT2D eigenvalue weighted by molar-refractivity contribution is 5.78. The number of carbonyl (C=O) groups excluding carboxylic acids is 1. The number of aryl methyl sites for hydroxylation is 1. The van der Waals surface area contributed by atoms with Crippen molar-refractivity contribution >= 4 is 11.9 Å². The number of anilines is 1. The molecule has 2 atom stereocenters. The standard InChI is InChI=1S/C21H35N5O3/c1-5-6-16-11-22-19(23-12-16)26-9-7-21(8-10-26)15-20(2,28)17(14-29-21)24-18(27)13-25(3)4/h11-12,17,28H,5-10,13-15H2,1-4H3,(H,24,27)/t17-,20-/m0/s1. The van der Waals surface area contributed by atoms with Crippen molar-refractivity contribution in [1.82, 2.24) is 20.2 Å². The molecule has 2 aliphatic rings. The maximum absolute atomic E-state index is 12.1. The fourth-order valence-electron chi connectivity index (χ4n) is 4.35. The third kappa shape index (κ3) is 5.43. The molecule has 3 heterocycles. The van der Waals surface area contributed by atoms with Crippen LogP contribution in [0.5, 0.6) is 0 Å². The number of nitrogens with one attached hydrogen (secondary N) is 1. The number of aromatic nitrogens is 2. The molecule has 29 heavy (non-hydrogen) atoms. The smallest absolute Gasteiger partial charge is 0.234 e. The van der Waals surface area contributed by atoms with Gasteiger partial charge in [0.15, 0.2) is 0 Å². The lowest BCUT2D eigenvalue weighted by Crippen LogP contribution is -2.64. The topological polar surface area (TPSA) is 90.8 Å². The van der Waals surface area contributed by atoms with Crippen LogP contribution in [-0.4, -0.2) is 83.5 Å². The van der Waals surface area contributed by atoms with Gasteiger partial charge in [-0.05, 0) is 45.8 Å². The van der Waals surface area contributed by atoms with Crippen LogP contribution in [0.2, 0.25) is 0 Å². The molecule has 0 bridgehead atoms. The van der Waals surface area contributed by atoms with E-state index in [9.17, 15) is 9.90 Å². The molecule has 2 fully saturated rings. The van der Waals surface area contributed by atoms with Crippen molar-refractivity contribution in [3.05, 3.63) is 18.0 Å². The maximum Gasteiger partial charge on any atom is 0.234 e. The fraction of sp³-hybridized carbons (Fsp3) is 0.762. The third-order valence-electron chi connectivity index (χ3n) is 5.97. The van der Waals surface area contributed by atoms with Gasteiger partial charge >= 0.3 is 0 Å². The van der Waals surface area contributed by atoms with Gasteiger partial charge in [0, 0.05) is 31.9 Å². The first-order chi connectivity index (χ1) is 13.7. The van der Waals surface area contributed by atoms with Crippen LogP contribution in [0.3, 0.4) is 0 Å². The normalized spacial score (nSPS) is 26.7. The highest BCUT2D eigenvalue weighted by Gasteiger charge is 2.49. The van der Waals surface area contributed by atoms with Gasteiger partial charge in [-0.15, -0.1) is 0 Å². The summed E-state index contributed by atoms with van der Waals surface area (Å²) in [6.45, 7) is 6.16. The van der Waals surface area contributed by atoms with E-state index < -0.39 is 11.6 Å². The highest BCUT2D eigenvalue weighted by atomic mass is 16.5. The summed E-state index contributed by atoms with van der Waals surface area (Å²) >= 11 is 0. The molecule has 2 N–H and O–H groups in total. The Kier molecular flexibility index (Phi) is 6.76. The molecule has 0 aromatic carbocycles. The van der Waals surface area contributed by atoms with Crippen molar-refractivity contribution in [2.75, 3.05) is 45.2 Å². The van der Waals surface area contributed by atoms with Crippen LogP contribution in [-0.2, 0) is 16.0 Å². The average Bonchev–Trinajstić information content (AvgIpc) is 2.65. The Balaban J connectivity index is 1.56. The van der Waals surface area contributed by atoms with Gasteiger partial charge in [0.05, 0.1) is 30.4 Å². The lowest BCUT2D eigenvalue weighted by atomic mass is 9.76. The quantitative estimate of drug-likeness (QED) is 0.729. The van der Waals surface area contributed by atoms with Crippen molar-refractivity contribution in [2.24, 2.45) is 0 Å². The molecule has 0 radical (unpaired) electrons. The van der Waals surface area contributed by atoms with E-state index in [0.717, 1.165) is 44.7 Å². The minimum Gasteiger partial charge on any atom is -0.388 e. The Hall–Kier alpha value is -1.77. The number of rotatable bonds is 6. The number of amides is 1. The number of hydrogen-bond acceptors (Lipinski definition) is 7. The van der Waals surface area contributed by atoms with Crippen molar-refractivity contribution in [3.63, 3.8) is 0 Å². The summed E-state index contributed by atoms with van der Waals surface area (Å²) in [7, 11) is 3.69. The van der Waals surface area contributed by atoms with E-state index in [0.29, 0.717) is 19.6 Å². The first-order valence-electron chi connectivity index (χ1n) is 10.6. The molecule has 1 spiro atoms. The number of carbonyl (C=O) groups is 1. The van der Waals surface area contributed by atoms with E-state index in [-0.39, 0.29) is 11.5 Å². The van der Waals surface area contributed by atoms with Crippen LogP contribution < -0.4 is 10.2 Å². The Morgan fingerprint density at radius 2 is 2.00 bits per heavy atom. The van der Waals surface area contributed by atoms with Crippen LogP contribution in [0.25, 0.3) is 0 Å². The van der Waals surface area contributed by atoms with Gasteiger partial charge in [-0.25, -0.2) is 9.97 Å². The van der Waals surface area contributed by atoms with Crippen molar-refractivity contribution in [2.45, 2.75) is 63.2 Å². The Morgan fingerprint density at radius 1 is 1.34 bits per heavy atom. The molecular formula is C21H35N5O3. The van der Waals surface area contributed by atoms with E-state index in [1.165, 1.54) is 5.56 Å².